The second-order valence-corrected chi connectivity index (χ2v) is 9.63. The summed E-state index contributed by atoms with van der Waals surface area (Å²) in [5, 5.41) is 3.78. The molecule has 0 aliphatic carbocycles. The number of nitrogens with two attached hydrogens (primary N) is 1. The molecule has 20 heavy (non-hydrogen) atoms. The minimum absolute atomic E-state index is 0.241. The minimum atomic E-state index is -3.50. The first-order valence-electron chi connectivity index (χ1n) is 5.82. The van der Waals surface area contributed by atoms with Crippen LogP contribution < -0.4 is 5.73 Å². The lowest BCUT2D eigenvalue weighted by Gasteiger charge is -2.17. The molecule has 2 aromatic heterocycles. The molecule has 0 saturated carbocycles. The topological polar surface area (TPSA) is 63.4 Å². The number of nitrogens with zero attached hydrogens (tertiary/aromatic N) is 1. The van der Waals surface area contributed by atoms with Gasteiger partial charge in [-0.3, -0.25) is 0 Å². The average molecular weight is 395 g/mol. The molecule has 2 rings (SSSR count). The van der Waals surface area contributed by atoms with Gasteiger partial charge in [-0.05, 0) is 50.8 Å². The van der Waals surface area contributed by atoms with Gasteiger partial charge in [-0.1, -0.05) is 0 Å². The van der Waals surface area contributed by atoms with Crippen LogP contribution in [0.3, 0.4) is 0 Å². The molecule has 110 valence electrons. The fraction of sp³-hybridized carbons (Fsp3) is 0.333. The molecule has 4 nitrogen and oxygen atoms in total. The van der Waals surface area contributed by atoms with E-state index in [0.29, 0.717) is 16.3 Å². The number of sulfonamides is 1. The molecule has 0 atom stereocenters. The Morgan fingerprint density at radius 2 is 2.05 bits per heavy atom. The van der Waals surface area contributed by atoms with E-state index < -0.39 is 10.0 Å². The van der Waals surface area contributed by atoms with Crippen LogP contribution in [0.5, 0.6) is 0 Å². The molecule has 0 radical (unpaired) electrons. The monoisotopic (exact) mass is 394 g/mol. The van der Waals surface area contributed by atoms with E-state index >= 15 is 0 Å². The summed E-state index contributed by atoms with van der Waals surface area (Å²) in [6.07, 6.45) is 0. The fourth-order valence-electron chi connectivity index (χ4n) is 1.90. The molecular weight excluding hydrogens is 380 g/mol. The summed E-state index contributed by atoms with van der Waals surface area (Å²) in [6, 6.07) is 1.93. The SMILES string of the molecule is Cc1csc(CN)c1S(=O)(=O)N(C)Cc1csc(Br)c1. The largest absolute Gasteiger partial charge is 0.326 e. The van der Waals surface area contributed by atoms with Gasteiger partial charge in [0, 0.05) is 25.0 Å². The van der Waals surface area contributed by atoms with Gasteiger partial charge in [-0.2, -0.15) is 4.31 Å². The molecule has 2 aromatic rings. The van der Waals surface area contributed by atoms with Gasteiger partial charge in [0.15, 0.2) is 0 Å². The molecule has 2 N–H and O–H groups in total. The Morgan fingerprint density at radius 3 is 2.60 bits per heavy atom. The predicted molar refractivity (Wildman–Crippen MR) is 87.6 cm³/mol. The van der Waals surface area contributed by atoms with Crippen LogP contribution in [0.15, 0.2) is 25.5 Å². The highest BCUT2D eigenvalue weighted by atomic mass is 79.9. The summed E-state index contributed by atoms with van der Waals surface area (Å²) in [6.45, 7) is 2.40. The first kappa shape index (κ1) is 16.1. The van der Waals surface area contributed by atoms with Crippen molar-refractivity contribution in [3.8, 4) is 0 Å². The maximum Gasteiger partial charge on any atom is 0.244 e. The van der Waals surface area contributed by atoms with Crippen LogP contribution in [-0.4, -0.2) is 19.8 Å². The molecule has 0 spiro atoms. The van der Waals surface area contributed by atoms with Crippen molar-refractivity contribution in [2.75, 3.05) is 7.05 Å². The zero-order valence-electron chi connectivity index (χ0n) is 11.1. The van der Waals surface area contributed by atoms with E-state index in [-0.39, 0.29) is 6.54 Å². The molecule has 0 aromatic carbocycles. The Hall–Kier alpha value is -0.250. The number of hydrogen-bond acceptors (Lipinski definition) is 5. The van der Waals surface area contributed by atoms with Crippen molar-refractivity contribution in [2.45, 2.75) is 24.9 Å². The van der Waals surface area contributed by atoms with Crippen molar-refractivity contribution in [2.24, 2.45) is 5.73 Å². The summed E-state index contributed by atoms with van der Waals surface area (Å²) in [7, 11) is -1.91. The molecule has 0 unspecified atom stereocenters. The normalized spacial score (nSPS) is 12.2. The number of rotatable bonds is 5. The van der Waals surface area contributed by atoms with E-state index in [4.69, 9.17) is 5.73 Å². The van der Waals surface area contributed by atoms with Crippen LogP contribution in [0.4, 0.5) is 0 Å². The van der Waals surface area contributed by atoms with Crippen LogP contribution in [0.2, 0.25) is 0 Å². The second-order valence-electron chi connectivity index (χ2n) is 4.40. The van der Waals surface area contributed by atoms with Crippen molar-refractivity contribution in [1.29, 1.82) is 0 Å². The Balaban J connectivity index is 2.32. The summed E-state index contributed by atoms with van der Waals surface area (Å²) >= 11 is 6.32. The van der Waals surface area contributed by atoms with Crippen molar-refractivity contribution in [3.63, 3.8) is 0 Å². The van der Waals surface area contributed by atoms with Gasteiger partial charge in [0.25, 0.3) is 0 Å². The first-order valence-corrected chi connectivity index (χ1v) is 9.81. The smallest absolute Gasteiger partial charge is 0.244 e. The van der Waals surface area contributed by atoms with Gasteiger partial charge < -0.3 is 5.73 Å². The van der Waals surface area contributed by atoms with Crippen molar-refractivity contribution in [3.05, 3.63) is 36.6 Å². The first-order chi connectivity index (χ1) is 9.36. The molecule has 0 amide bonds. The molecule has 0 saturated heterocycles. The van der Waals surface area contributed by atoms with Crippen molar-refractivity contribution in [1.82, 2.24) is 4.31 Å². The molecule has 2 heterocycles. The third kappa shape index (κ3) is 3.15. The molecular formula is C12H15BrN2O2S3. The summed E-state index contributed by atoms with van der Waals surface area (Å²) in [5.74, 6) is 0. The predicted octanol–water partition coefficient (Wildman–Crippen LogP) is 3.16. The van der Waals surface area contributed by atoms with Gasteiger partial charge in [-0.15, -0.1) is 22.7 Å². The average Bonchev–Trinajstić information content (AvgIpc) is 2.95. The van der Waals surface area contributed by atoms with Crippen LogP contribution in [0.1, 0.15) is 16.0 Å². The highest BCUT2D eigenvalue weighted by molar-refractivity contribution is 9.11. The minimum Gasteiger partial charge on any atom is -0.326 e. The van der Waals surface area contributed by atoms with E-state index in [9.17, 15) is 8.42 Å². The van der Waals surface area contributed by atoms with E-state index in [1.165, 1.54) is 15.6 Å². The number of aryl methyl sites for hydroxylation is 1. The summed E-state index contributed by atoms with van der Waals surface area (Å²) in [4.78, 5) is 1.07. The third-order valence-electron chi connectivity index (χ3n) is 2.87. The molecule has 0 bridgehead atoms. The number of halogens is 1. The van der Waals surface area contributed by atoms with Gasteiger partial charge in [-0.25, -0.2) is 8.42 Å². The van der Waals surface area contributed by atoms with E-state index in [2.05, 4.69) is 15.9 Å². The molecule has 0 aliphatic rings. The number of hydrogen-bond donors (Lipinski definition) is 1. The Kier molecular flexibility index (Phi) is 5.04. The van der Waals surface area contributed by atoms with Crippen LogP contribution in [0, 0.1) is 6.92 Å². The van der Waals surface area contributed by atoms with Crippen LogP contribution in [-0.2, 0) is 23.1 Å². The molecule has 0 fully saturated rings. The Morgan fingerprint density at radius 1 is 1.35 bits per heavy atom. The Bertz CT molecular complexity index is 706. The maximum absolute atomic E-state index is 12.7. The zero-order valence-corrected chi connectivity index (χ0v) is 15.1. The van der Waals surface area contributed by atoms with Gasteiger partial charge in [0.1, 0.15) is 4.90 Å². The van der Waals surface area contributed by atoms with Crippen molar-refractivity contribution >= 4 is 48.6 Å². The van der Waals surface area contributed by atoms with E-state index in [0.717, 1.165) is 14.9 Å². The highest BCUT2D eigenvalue weighted by Crippen LogP contribution is 2.30. The lowest BCUT2D eigenvalue weighted by atomic mass is 10.3. The lowest BCUT2D eigenvalue weighted by Crippen LogP contribution is -2.27. The molecule has 0 aliphatic heterocycles. The summed E-state index contributed by atoms with van der Waals surface area (Å²) in [5.41, 5.74) is 7.37. The summed E-state index contributed by atoms with van der Waals surface area (Å²) < 4.78 is 27.7. The van der Waals surface area contributed by atoms with Gasteiger partial charge in [0.05, 0.1) is 3.79 Å². The standard InChI is InChI=1S/C12H15BrN2O2S3/c1-8-6-18-10(4-14)12(8)20(16,17)15(2)5-9-3-11(13)19-7-9/h3,6-7H,4-5,14H2,1-2H3. The van der Waals surface area contributed by atoms with Crippen LogP contribution in [0.25, 0.3) is 0 Å². The van der Waals surface area contributed by atoms with E-state index in [1.54, 1.807) is 25.3 Å². The third-order valence-corrected chi connectivity index (χ3v) is 7.71. The van der Waals surface area contributed by atoms with E-state index in [1.807, 2.05) is 16.8 Å². The van der Waals surface area contributed by atoms with Gasteiger partial charge in [0.2, 0.25) is 10.0 Å². The maximum atomic E-state index is 12.7. The quantitative estimate of drug-likeness (QED) is 0.846. The Labute approximate surface area is 135 Å². The van der Waals surface area contributed by atoms with Gasteiger partial charge >= 0.3 is 0 Å². The highest BCUT2D eigenvalue weighted by Gasteiger charge is 2.27. The fourth-order valence-corrected chi connectivity index (χ4v) is 5.91. The molecule has 8 heteroatoms. The zero-order chi connectivity index (χ0) is 14.9. The lowest BCUT2D eigenvalue weighted by molar-refractivity contribution is 0.466. The second kappa shape index (κ2) is 6.25. The number of thiophene rings is 2. The van der Waals surface area contributed by atoms with Crippen molar-refractivity contribution < 1.29 is 8.42 Å². The van der Waals surface area contributed by atoms with Crippen LogP contribution >= 0.6 is 38.6 Å².